The summed E-state index contributed by atoms with van der Waals surface area (Å²) in [4.78, 5) is 17.8. The van der Waals surface area contributed by atoms with Gasteiger partial charge in [0.1, 0.15) is 5.75 Å². The van der Waals surface area contributed by atoms with Crippen molar-refractivity contribution in [3.63, 3.8) is 0 Å². The Labute approximate surface area is 105 Å². The molecule has 0 atom stereocenters. The average molecular weight is 296 g/mol. The quantitative estimate of drug-likeness (QED) is 0.642. The molecule has 0 aliphatic carbocycles. The molecule has 0 spiro atoms. The Morgan fingerprint density at radius 1 is 1.18 bits per heavy atom. The number of aromatic nitrogens is 2. The molecule has 0 saturated carbocycles. The Balaban J connectivity index is 2.13. The van der Waals surface area contributed by atoms with Gasteiger partial charge in [-0.3, -0.25) is 10.1 Å². The van der Waals surface area contributed by atoms with E-state index in [1.165, 1.54) is 24.3 Å². The van der Waals surface area contributed by atoms with Gasteiger partial charge < -0.3 is 4.74 Å². The normalized spacial score (nSPS) is 9.94. The maximum absolute atomic E-state index is 10.4. The van der Waals surface area contributed by atoms with Gasteiger partial charge in [-0.05, 0) is 28.1 Å². The molecule has 2 aromatic rings. The fourth-order valence-corrected chi connectivity index (χ4v) is 1.30. The Morgan fingerprint density at radius 3 is 2.29 bits per heavy atom. The fourth-order valence-electron chi connectivity index (χ4n) is 1.09. The SMILES string of the molecule is O=[N+]([O-])c1ccc(Oc2ncc(Br)cn2)cc1. The van der Waals surface area contributed by atoms with Gasteiger partial charge >= 0.3 is 6.01 Å². The lowest BCUT2D eigenvalue weighted by atomic mass is 10.3. The summed E-state index contributed by atoms with van der Waals surface area (Å²) >= 11 is 3.20. The lowest BCUT2D eigenvalue weighted by Crippen LogP contribution is -1.91. The summed E-state index contributed by atoms with van der Waals surface area (Å²) in [5.41, 5.74) is 0.00840. The van der Waals surface area contributed by atoms with Crippen molar-refractivity contribution in [3.8, 4) is 11.8 Å². The zero-order valence-electron chi connectivity index (χ0n) is 8.41. The van der Waals surface area contributed by atoms with Crippen LogP contribution in [0.3, 0.4) is 0 Å². The van der Waals surface area contributed by atoms with Crippen LogP contribution in [0.15, 0.2) is 41.1 Å². The summed E-state index contributed by atoms with van der Waals surface area (Å²) in [5.74, 6) is 0.443. The molecule has 2 rings (SSSR count). The first kappa shape index (κ1) is 11.5. The Hall–Kier alpha value is -2.02. The average Bonchev–Trinajstić information content (AvgIpc) is 2.33. The van der Waals surface area contributed by atoms with Gasteiger partial charge in [0.05, 0.1) is 9.40 Å². The summed E-state index contributed by atoms with van der Waals surface area (Å²) in [7, 11) is 0. The molecule has 17 heavy (non-hydrogen) atoms. The molecule has 6 nitrogen and oxygen atoms in total. The third kappa shape index (κ3) is 2.97. The van der Waals surface area contributed by atoms with Crippen LogP contribution < -0.4 is 4.74 Å². The third-order valence-corrected chi connectivity index (χ3v) is 2.26. The molecule has 1 heterocycles. The van der Waals surface area contributed by atoms with E-state index in [2.05, 4.69) is 25.9 Å². The first-order valence-corrected chi connectivity index (χ1v) is 5.34. The number of nitro benzene ring substituents is 1. The van der Waals surface area contributed by atoms with Gasteiger partial charge in [0, 0.05) is 24.5 Å². The summed E-state index contributed by atoms with van der Waals surface area (Å²) in [6.07, 6.45) is 3.10. The number of hydrogen-bond acceptors (Lipinski definition) is 5. The molecular weight excluding hydrogens is 290 g/mol. The highest BCUT2D eigenvalue weighted by Crippen LogP contribution is 2.21. The van der Waals surface area contributed by atoms with Gasteiger partial charge in [0.15, 0.2) is 0 Å². The van der Waals surface area contributed by atoms with E-state index < -0.39 is 4.92 Å². The number of ether oxygens (including phenoxy) is 1. The van der Waals surface area contributed by atoms with E-state index in [1.807, 2.05) is 0 Å². The van der Waals surface area contributed by atoms with Crippen molar-refractivity contribution in [3.05, 3.63) is 51.2 Å². The van der Waals surface area contributed by atoms with Gasteiger partial charge in [-0.1, -0.05) is 0 Å². The molecular formula is C10H6BrN3O3. The Kier molecular flexibility index (Phi) is 3.29. The van der Waals surface area contributed by atoms with Gasteiger partial charge in [-0.15, -0.1) is 0 Å². The predicted molar refractivity (Wildman–Crippen MR) is 62.9 cm³/mol. The first-order valence-electron chi connectivity index (χ1n) is 4.55. The Morgan fingerprint density at radius 2 is 1.76 bits per heavy atom. The molecule has 0 saturated heterocycles. The van der Waals surface area contributed by atoms with Crippen LogP contribution in [0.1, 0.15) is 0 Å². The summed E-state index contributed by atoms with van der Waals surface area (Å²) in [5, 5.41) is 10.4. The Bertz CT molecular complexity index is 527. The molecule has 1 aromatic heterocycles. The molecule has 7 heteroatoms. The van der Waals surface area contributed by atoms with E-state index in [0.717, 1.165) is 4.47 Å². The van der Waals surface area contributed by atoms with Crippen molar-refractivity contribution < 1.29 is 9.66 Å². The van der Waals surface area contributed by atoms with Gasteiger partial charge in [-0.2, -0.15) is 0 Å². The second kappa shape index (κ2) is 4.88. The van der Waals surface area contributed by atoms with Crippen molar-refractivity contribution in [1.82, 2.24) is 9.97 Å². The number of halogens is 1. The molecule has 0 aliphatic heterocycles. The van der Waals surface area contributed by atoms with Crippen LogP contribution in [-0.2, 0) is 0 Å². The number of benzene rings is 1. The second-order valence-corrected chi connectivity index (χ2v) is 3.95. The minimum atomic E-state index is -0.472. The molecule has 0 radical (unpaired) electrons. The van der Waals surface area contributed by atoms with E-state index in [0.29, 0.717) is 5.75 Å². The minimum absolute atomic E-state index is 0.00840. The monoisotopic (exact) mass is 295 g/mol. The number of hydrogen-bond donors (Lipinski definition) is 0. The number of rotatable bonds is 3. The molecule has 0 bridgehead atoms. The van der Waals surface area contributed by atoms with E-state index in [9.17, 15) is 10.1 Å². The third-order valence-electron chi connectivity index (χ3n) is 1.85. The van der Waals surface area contributed by atoms with Crippen LogP contribution in [0.5, 0.6) is 11.8 Å². The van der Waals surface area contributed by atoms with Gasteiger partial charge in [-0.25, -0.2) is 9.97 Å². The molecule has 86 valence electrons. The minimum Gasteiger partial charge on any atom is -0.424 e. The highest BCUT2D eigenvalue weighted by atomic mass is 79.9. The molecule has 0 fully saturated rings. The number of non-ortho nitro benzene ring substituents is 1. The van der Waals surface area contributed by atoms with Gasteiger partial charge in [0.25, 0.3) is 5.69 Å². The highest BCUT2D eigenvalue weighted by molar-refractivity contribution is 9.10. The molecule has 1 aromatic carbocycles. The molecule has 0 amide bonds. The molecule has 0 N–H and O–H groups in total. The maximum Gasteiger partial charge on any atom is 0.321 e. The van der Waals surface area contributed by atoms with Crippen LogP contribution in [0.2, 0.25) is 0 Å². The fraction of sp³-hybridized carbons (Fsp3) is 0. The van der Waals surface area contributed by atoms with Crippen LogP contribution in [0.4, 0.5) is 5.69 Å². The standard InChI is InChI=1S/C10H6BrN3O3/c11-7-5-12-10(13-6-7)17-9-3-1-8(2-4-9)14(15)16/h1-6H. The van der Waals surface area contributed by atoms with Crippen LogP contribution in [-0.4, -0.2) is 14.9 Å². The largest absolute Gasteiger partial charge is 0.424 e. The number of nitrogens with zero attached hydrogens (tertiary/aromatic N) is 3. The van der Waals surface area contributed by atoms with Crippen molar-refractivity contribution in [1.29, 1.82) is 0 Å². The summed E-state index contributed by atoms with van der Waals surface area (Å²) in [6.45, 7) is 0. The van der Waals surface area contributed by atoms with Crippen molar-refractivity contribution >= 4 is 21.6 Å². The van der Waals surface area contributed by atoms with Crippen molar-refractivity contribution in [2.45, 2.75) is 0 Å². The van der Waals surface area contributed by atoms with Crippen molar-refractivity contribution in [2.24, 2.45) is 0 Å². The van der Waals surface area contributed by atoms with Gasteiger partial charge in [0.2, 0.25) is 0 Å². The predicted octanol–water partition coefficient (Wildman–Crippen LogP) is 2.94. The summed E-state index contributed by atoms with van der Waals surface area (Å²) in [6, 6.07) is 5.87. The highest BCUT2D eigenvalue weighted by Gasteiger charge is 2.05. The molecule has 0 aliphatic rings. The lowest BCUT2D eigenvalue weighted by Gasteiger charge is -2.02. The topological polar surface area (TPSA) is 78.2 Å². The van der Waals surface area contributed by atoms with E-state index in [1.54, 1.807) is 12.4 Å². The maximum atomic E-state index is 10.4. The number of nitro groups is 1. The second-order valence-electron chi connectivity index (χ2n) is 3.04. The van der Waals surface area contributed by atoms with Crippen LogP contribution in [0.25, 0.3) is 0 Å². The van der Waals surface area contributed by atoms with Crippen LogP contribution in [0, 0.1) is 10.1 Å². The zero-order valence-corrected chi connectivity index (χ0v) is 9.99. The van der Waals surface area contributed by atoms with E-state index in [-0.39, 0.29) is 11.7 Å². The van der Waals surface area contributed by atoms with E-state index in [4.69, 9.17) is 4.74 Å². The van der Waals surface area contributed by atoms with Crippen LogP contribution >= 0.6 is 15.9 Å². The zero-order chi connectivity index (χ0) is 12.3. The first-order chi connectivity index (χ1) is 8.15. The smallest absolute Gasteiger partial charge is 0.321 e. The summed E-state index contributed by atoms with van der Waals surface area (Å²) < 4.78 is 6.05. The lowest BCUT2D eigenvalue weighted by molar-refractivity contribution is -0.384. The molecule has 0 unspecified atom stereocenters. The van der Waals surface area contributed by atoms with E-state index >= 15 is 0 Å². The van der Waals surface area contributed by atoms with Crippen molar-refractivity contribution in [2.75, 3.05) is 0 Å².